The van der Waals surface area contributed by atoms with E-state index in [2.05, 4.69) is 4.98 Å². The Labute approximate surface area is 123 Å². The molecule has 3 aromatic rings. The Morgan fingerprint density at radius 2 is 1.73 bits per heavy atom. The lowest BCUT2D eigenvalue weighted by Crippen LogP contribution is -2.12. The molecule has 2 heterocycles. The van der Waals surface area contributed by atoms with Crippen molar-refractivity contribution in [1.82, 2.24) is 8.96 Å². The van der Waals surface area contributed by atoms with E-state index in [-0.39, 0.29) is 15.9 Å². The van der Waals surface area contributed by atoms with Crippen molar-refractivity contribution in [2.45, 2.75) is 11.1 Å². The summed E-state index contributed by atoms with van der Waals surface area (Å²) >= 11 is 0. The predicted octanol–water partition coefficient (Wildman–Crippen LogP) is 3.29. The van der Waals surface area contributed by atoms with Crippen molar-refractivity contribution in [3.63, 3.8) is 0 Å². The summed E-state index contributed by atoms with van der Waals surface area (Å²) in [6.07, 6.45) is -2.71. The molecule has 0 aliphatic carbocycles. The molecule has 0 fully saturated rings. The van der Waals surface area contributed by atoms with E-state index in [1.165, 1.54) is 36.5 Å². The molecule has 8 heteroatoms. The Balaban J connectivity index is 2.24. The maximum atomic E-state index is 12.8. The van der Waals surface area contributed by atoms with Crippen molar-refractivity contribution in [2.75, 3.05) is 0 Å². The lowest BCUT2D eigenvalue weighted by molar-refractivity contribution is -0.137. The summed E-state index contributed by atoms with van der Waals surface area (Å²) in [5.74, 6) is 0. The summed E-state index contributed by atoms with van der Waals surface area (Å²) in [6.45, 7) is 0. The maximum absolute atomic E-state index is 12.8. The van der Waals surface area contributed by atoms with Crippen molar-refractivity contribution in [3.8, 4) is 0 Å². The van der Waals surface area contributed by atoms with Crippen molar-refractivity contribution in [2.24, 2.45) is 0 Å². The Morgan fingerprint density at radius 1 is 1.05 bits per heavy atom. The van der Waals surface area contributed by atoms with Crippen LogP contribution in [0.25, 0.3) is 11.0 Å². The fourth-order valence-electron chi connectivity index (χ4n) is 2.06. The first-order chi connectivity index (χ1) is 10.3. The molecule has 3 rings (SSSR count). The van der Waals surface area contributed by atoms with Crippen molar-refractivity contribution < 1.29 is 21.6 Å². The normalized spacial score (nSPS) is 12.7. The van der Waals surface area contributed by atoms with Crippen molar-refractivity contribution in [1.29, 1.82) is 0 Å². The molecule has 0 unspecified atom stereocenters. The number of hydrogen-bond donors (Lipinski definition) is 0. The minimum absolute atomic E-state index is 0.00934. The number of fused-ring (bicyclic) bond motifs is 1. The molecule has 22 heavy (non-hydrogen) atoms. The van der Waals surface area contributed by atoms with Gasteiger partial charge in [-0.05, 0) is 24.3 Å². The highest BCUT2D eigenvalue weighted by molar-refractivity contribution is 7.90. The van der Waals surface area contributed by atoms with E-state index in [4.69, 9.17) is 0 Å². The molecule has 0 aliphatic heterocycles. The van der Waals surface area contributed by atoms with Gasteiger partial charge < -0.3 is 0 Å². The van der Waals surface area contributed by atoms with Gasteiger partial charge in [0, 0.05) is 12.4 Å². The number of rotatable bonds is 2. The smallest absolute Gasteiger partial charge is 0.254 e. The zero-order chi connectivity index (χ0) is 16.0. The van der Waals surface area contributed by atoms with Crippen LogP contribution in [0.2, 0.25) is 0 Å². The molecule has 114 valence electrons. The summed E-state index contributed by atoms with van der Waals surface area (Å²) in [7, 11) is -3.98. The fraction of sp³-hybridized carbons (Fsp3) is 0.0714. The van der Waals surface area contributed by atoms with Crippen LogP contribution in [0.3, 0.4) is 0 Å². The molecule has 1 aromatic carbocycles. The largest absolute Gasteiger partial charge is 0.417 e. The van der Waals surface area contributed by atoms with E-state index in [1.807, 2.05) is 0 Å². The van der Waals surface area contributed by atoms with Gasteiger partial charge in [-0.3, -0.25) is 4.98 Å². The van der Waals surface area contributed by atoms with Crippen molar-refractivity contribution >= 4 is 21.1 Å². The van der Waals surface area contributed by atoms with Gasteiger partial charge in [-0.15, -0.1) is 0 Å². The first-order valence-electron chi connectivity index (χ1n) is 6.15. The summed E-state index contributed by atoms with van der Waals surface area (Å²) in [5, 5.41) is 0. The Bertz CT molecular complexity index is 932. The highest BCUT2D eigenvalue weighted by atomic mass is 32.2. The molecule has 0 bridgehead atoms. The number of hydrogen-bond acceptors (Lipinski definition) is 3. The van der Waals surface area contributed by atoms with Crippen LogP contribution in [0.1, 0.15) is 5.56 Å². The average Bonchev–Trinajstić information content (AvgIpc) is 2.91. The number of nitrogens with zero attached hydrogens (tertiary/aromatic N) is 2. The molecular weight excluding hydrogens is 317 g/mol. The summed E-state index contributed by atoms with van der Waals surface area (Å²) in [4.78, 5) is 3.66. The second kappa shape index (κ2) is 4.84. The molecule has 0 aliphatic rings. The SMILES string of the molecule is O=S(=O)(c1ccccc1)n1ccc2ncc(C(F)(F)F)cc21. The van der Waals surface area contributed by atoms with E-state index in [9.17, 15) is 21.6 Å². The third kappa shape index (κ3) is 2.35. The van der Waals surface area contributed by atoms with Gasteiger partial charge in [0.25, 0.3) is 10.0 Å². The standard InChI is InChI=1S/C14H9F3N2O2S/c15-14(16,17)10-8-13-12(18-9-10)6-7-19(13)22(20,21)11-4-2-1-3-5-11/h1-9H. The average molecular weight is 326 g/mol. The third-order valence-corrected chi connectivity index (χ3v) is 4.83. The predicted molar refractivity (Wildman–Crippen MR) is 73.8 cm³/mol. The molecule has 0 radical (unpaired) electrons. The zero-order valence-electron chi connectivity index (χ0n) is 10.9. The van der Waals surface area contributed by atoms with Gasteiger partial charge in [0.1, 0.15) is 0 Å². The highest BCUT2D eigenvalue weighted by Crippen LogP contribution is 2.31. The second-order valence-electron chi connectivity index (χ2n) is 4.56. The summed E-state index contributed by atoms with van der Waals surface area (Å²) in [6, 6.07) is 9.62. The maximum Gasteiger partial charge on any atom is 0.417 e. The van der Waals surface area contributed by atoms with E-state index in [1.54, 1.807) is 6.07 Å². The monoisotopic (exact) mass is 326 g/mol. The Kier molecular flexibility index (Phi) is 3.21. The Morgan fingerprint density at radius 3 is 2.36 bits per heavy atom. The van der Waals surface area contributed by atoms with Crippen LogP contribution in [-0.4, -0.2) is 17.4 Å². The molecule has 0 saturated carbocycles. The van der Waals surface area contributed by atoms with Gasteiger partial charge >= 0.3 is 6.18 Å². The first-order valence-corrected chi connectivity index (χ1v) is 7.59. The van der Waals surface area contributed by atoms with Gasteiger partial charge in [-0.2, -0.15) is 13.2 Å². The minimum atomic E-state index is -4.59. The molecular formula is C14H9F3N2O2S. The van der Waals surface area contributed by atoms with Crippen LogP contribution in [0.5, 0.6) is 0 Å². The van der Waals surface area contributed by atoms with Crippen LogP contribution >= 0.6 is 0 Å². The number of halogens is 3. The Hall–Kier alpha value is -2.35. The lowest BCUT2D eigenvalue weighted by Gasteiger charge is -2.09. The van der Waals surface area contributed by atoms with Crippen LogP contribution in [0, 0.1) is 0 Å². The number of alkyl halides is 3. The van der Waals surface area contributed by atoms with Crippen molar-refractivity contribution in [3.05, 3.63) is 60.4 Å². The number of aromatic nitrogens is 2. The van der Waals surface area contributed by atoms with E-state index in [0.29, 0.717) is 6.20 Å². The molecule has 4 nitrogen and oxygen atoms in total. The fourth-order valence-corrected chi connectivity index (χ4v) is 3.41. The molecule has 0 N–H and O–H groups in total. The quantitative estimate of drug-likeness (QED) is 0.726. The summed E-state index contributed by atoms with van der Waals surface area (Å²) in [5.41, 5.74) is -0.936. The molecule has 0 saturated heterocycles. The van der Waals surface area contributed by atoms with Crippen LogP contribution in [0.15, 0.2) is 59.8 Å². The molecule has 2 aromatic heterocycles. The lowest BCUT2D eigenvalue weighted by atomic mass is 10.2. The summed E-state index contributed by atoms with van der Waals surface area (Å²) < 4.78 is 64.2. The van der Waals surface area contributed by atoms with Crippen LogP contribution < -0.4 is 0 Å². The highest BCUT2D eigenvalue weighted by Gasteiger charge is 2.32. The van der Waals surface area contributed by atoms with Gasteiger partial charge in [-0.25, -0.2) is 12.4 Å². The van der Waals surface area contributed by atoms with Gasteiger partial charge in [-0.1, -0.05) is 18.2 Å². The third-order valence-electron chi connectivity index (χ3n) is 3.13. The number of pyridine rings is 1. The van der Waals surface area contributed by atoms with Crippen LogP contribution in [0.4, 0.5) is 13.2 Å². The minimum Gasteiger partial charge on any atom is -0.254 e. The van der Waals surface area contributed by atoms with E-state index < -0.39 is 21.8 Å². The van der Waals surface area contributed by atoms with Gasteiger partial charge in [0.2, 0.25) is 0 Å². The second-order valence-corrected chi connectivity index (χ2v) is 6.37. The topological polar surface area (TPSA) is 52.0 Å². The molecule has 0 amide bonds. The zero-order valence-corrected chi connectivity index (χ0v) is 11.8. The molecule has 0 atom stereocenters. The van der Waals surface area contributed by atoms with E-state index >= 15 is 0 Å². The van der Waals surface area contributed by atoms with Gasteiger partial charge in [0.15, 0.2) is 0 Å². The number of benzene rings is 1. The first kappa shape index (κ1) is 14.6. The van der Waals surface area contributed by atoms with Crippen LogP contribution in [-0.2, 0) is 16.2 Å². The molecule has 0 spiro atoms. The van der Waals surface area contributed by atoms with E-state index in [0.717, 1.165) is 10.0 Å². The van der Waals surface area contributed by atoms with Gasteiger partial charge in [0.05, 0.1) is 21.5 Å².